The lowest BCUT2D eigenvalue weighted by Crippen LogP contribution is -2.24. The number of halogens is 3. The van der Waals surface area contributed by atoms with Gasteiger partial charge in [0.2, 0.25) is 17.0 Å². The molecule has 0 saturated carbocycles. The summed E-state index contributed by atoms with van der Waals surface area (Å²) in [4.78, 5) is 28.8. The summed E-state index contributed by atoms with van der Waals surface area (Å²) in [5, 5.41) is 9.72. The summed E-state index contributed by atoms with van der Waals surface area (Å²) in [5.41, 5.74) is 0.210. The maximum atomic E-state index is 12.8. The van der Waals surface area contributed by atoms with E-state index in [0.29, 0.717) is 10.9 Å². The standard InChI is InChI=1S/C20H16F3N5O2S/c21-20(22,23)13-7-4-8-14(9-13)24-16(29)10-15-17(30)25-18-26-19(27-28(15)18)31-11-12-5-2-1-3-6-12/h1-9,15H,10-11H2,(H,24,29)(H,25,26,27,30)/t15-/m1/s1. The van der Waals surface area contributed by atoms with Crippen molar-refractivity contribution in [1.29, 1.82) is 0 Å². The Bertz CT molecular complexity index is 1120. The number of hydrogen-bond acceptors (Lipinski definition) is 5. The molecule has 7 nitrogen and oxygen atoms in total. The van der Waals surface area contributed by atoms with Gasteiger partial charge >= 0.3 is 6.18 Å². The number of rotatable bonds is 6. The first-order chi connectivity index (χ1) is 14.8. The summed E-state index contributed by atoms with van der Waals surface area (Å²) in [6, 6.07) is 13.1. The number of carbonyl (C=O) groups is 2. The largest absolute Gasteiger partial charge is 0.416 e. The van der Waals surface area contributed by atoms with Gasteiger partial charge < -0.3 is 5.32 Å². The number of aromatic nitrogens is 3. The Morgan fingerprint density at radius 3 is 2.68 bits per heavy atom. The molecule has 2 amide bonds. The highest BCUT2D eigenvalue weighted by molar-refractivity contribution is 7.98. The molecule has 2 aromatic carbocycles. The second-order valence-electron chi connectivity index (χ2n) is 6.77. The molecule has 1 atom stereocenters. The molecule has 160 valence electrons. The topological polar surface area (TPSA) is 88.9 Å². The molecule has 0 fully saturated rings. The molecular formula is C20H16F3N5O2S. The molecule has 11 heteroatoms. The predicted octanol–water partition coefficient (Wildman–Crippen LogP) is 4.11. The monoisotopic (exact) mass is 447 g/mol. The summed E-state index contributed by atoms with van der Waals surface area (Å²) in [5.74, 6) is -0.189. The van der Waals surface area contributed by atoms with Crippen molar-refractivity contribution in [3.05, 3.63) is 65.7 Å². The predicted molar refractivity (Wildman–Crippen MR) is 108 cm³/mol. The molecule has 1 aromatic heterocycles. The third kappa shape index (κ3) is 4.88. The van der Waals surface area contributed by atoms with E-state index >= 15 is 0 Å². The van der Waals surface area contributed by atoms with E-state index in [2.05, 4.69) is 20.7 Å². The van der Waals surface area contributed by atoms with Gasteiger partial charge in [0.05, 0.1) is 12.0 Å². The van der Waals surface area contributed by atoms with Gasteiger partial charge in [-0.05, 0) is 23.8 Å². The first-order valence-electron chi connectivity index (χ1n) is 9.21. The quantitative estimate of drug-likeness (QED) is 0.555. The molecule has 1 aliphatic heterocycles. The number of anilines is 2. The van der Waals surface area contributed by atoms with E-state index in [9.17, 15) is 22.8 Å². The van der Waals surface area contributed by atoms with Gasteiger partial charge in [-0.3, -0.25) is 14.9 Å². The number of nitrogens with one attached hydrogen (secondary N) is 2. The van der Waals surface area contributed by atoms with Crippen LogP contribution in [0.2, 0.25) is 0 Å². The summed E-state index contributed by atoms with van der Waals surface area (Å²) in [6.45, 7) is 0. The lowest BCUT2D eigenvalue weighted by Gasteiger charge is -2.12. The van der Waals surface area contributed by atoms with Crippen LogP contribution in [0, 0.1) is 0 Å². The van der Waals surface area contributed by atoms with Crippen molar-refractivity contribution in [3.8, 4) is 0 Å². The lowest BCUT2D eigenvalue weighted by atomic mass is 10.1. The molecule has 0 unspecified atom stereocenters. The van der Waals surface area contributed by atoms with Gasteiger partial charge in [0.25, 0.3) is 5.91 Å². The van der Waals surface area contributed by atoms with Crippen LogP contribution in [-0.2, 0) is 21.5 Å². The van der Waals surface area contributed by atoms with Crippen LogP contribution in [0.1, 0.15) is 23.6 Å². The Labute approximate surface area is 179 Å². The molecule has 0 spiro atoms. The summed E-state index contributed by atoms with van der Waals surface area (Å²) < 4.78 is 39.8. The smallest absolute Gasteiger partial charge is 0.326 e. The number of nitrogens with zero attached hydrogens (tertiary/aromatic N) is 3. The van der Waals surface area contributed by atoms with Crippen molar-refractivity contribution in [2.45, 2.75) is 29.5 Å². The number of amides is 2. The fourth-order valence-corrected chi connectivity index (χ4v) is 3.82. The third-order valence-corrected chi connectivity index (χ3v) is 5.42. The first kappa shape index (κ1) is 20.9. The SMILES string of the molecule is O=C(C[C@@H]1C(=O)Nc2nc(SCc3ccccc3)nn21)Nc1cccc(C(F)(F)F)c1. The van der Waals surface area contributed by atoms with Crippen LogP contribution in [0.5, 0.6) is 0 Å². The minimum absolute atomic E-state index is 0.00357. The fraction of sp³-hybridized carbons (Fsp3) is 0.200. The molecule has 0 bridgehead atoms. The van der Waals surface area contributed by atoms with Gasteiger partial charge in [-0.2, -0.15) is 18.2 Å². The van der Waals surface area contributed by atoms with Gasteiger partial charge in [-0.1, -0.05) is 48.2 Å². The normalized spacial score (nSPS) is 15.5. The number of hydrogen-bond donors (Lipinski definition) is 2. The molecule has 0 aliphatic carbocycles. The van der Waals surface area contributed by atoms with E-state index < -0.39 is 29.6 Å². The Morgan fingerprint density at radius 2 is 1.94 bits per heavy atom. The van der Waals surface area contributed by atoms with Gasteiger partial charge in [0.1, 0.15) is 6.04 Å². The molecule has 31 heavy (non-hydrogen) atoms. The van der Waals surface area contributed by atoms with Crippen LogP contribution in [0.3, 0.4) is 0 Å². The fourth-order valence-electron chi connectivity index (χ4n) is 3.03. The van der Waals surface area contributed by atoms with Crippen LogP contribution in [0.4, 0.5) is 24.8 Å². The van der Waals surface area contributed by atoms with E-state index in [0.717, 1.165) is 17.7 Å². The molecule has 3 aromatic rings. The number of carbonyl (C=O) groups excluding carboxylic acids is 2. The molecule has 2 N–H and O–H groups in total. The van der Waals surface area contributed by atoms with E-state index in [1.807, 2.05) is 30.3 Å². The Balaban J connectivity index is 1.41. The van der Waals surface area contributed by atoms with Crippen LogP contribution in [0.15, 0.2) is 59.8 Å². The van der Waals surface area contributed by atoms with Gasteiger partial charge in [0.15, 0.2) is 0 Å². The van der Waals surface area contributed by atoms with Gasteiger partial charge in [-0.25, -0.2) is 4.68 Å². The highest BCUT2D eigenvalue weighted by atomic mass is 32.2. The number of fused-ring (bicyclic) bond motifs is 1. The highest BCUT2D eigenvalue weighted by Gasteiger charge is 2.35. The van der Waals surface area contributed by atoms with Crippen LogP contribution >= 0.6 is 11.8 Å². The zero-order valence-electron chi connectivity index (χ0n) is 15.9. The second kappa shape index (κ2) is 8.42. The lowest BCUT2D eigenvalue weighted by molar-refractivity contribution is -0.137. The Morgan fingerprint density at radius 1 is 1.16 bits per heavy atom. The summed E-state index contributed by atoms with van der Waals surface area (Å²) in [7, 11) is 0. The molecular weight excluding hydrogens is 431 g/mol. The second-order valence-corrected chi connectivity index (χ2v) is 7.72. The summed E-state index contributed by atoms with van der Waals surface area (Å²) >= 11 is 1.38. The van der Waals surface area contributed by atoms with Crippen molar-refractivity contribution in [1.82, 2.24) is 14.8 Å². The van der Waals surface area contributed by atoms with Crippen molar-refractivity contribution in [2.75, 3.05) is 10.6 Å². The van der Waals surface area contributed by atoms with E-state index in [4.69, 9.17) is 0 Å². The average molecular weight is 447 g/mol. The van der Waals surface area contributed by atoms with Crippen LogP contribution in [-0.4, -0.2) is 26.6 Å². The van der Waals surface area contributed by atoms with Gasteiger partial charge in [-0.15, -0.1) is 5.10 Å². The molecule has 0 saturated heterocycles. The van der Waals surface area contributed by atoms with Crippen molar-refractivity contribution in [2.24, 2.45) is 0 Å². The Hall–Kier alpha value is -3.34. The average Bonchev–Trinajstić information content (AvgIpc) is 3.24. The Kier molecular flexibility index (Phi) is 5.68. The molecule has 0 radical (unpaired) electrons. The van der Waals surface area contributed by atoms with Crippen molar-refractivity contribution >= 4 is 35.2 Å². The zero-order chi connectivity index (χ0) is 22.0. The molecule has 4 rings (SSSR count). The zero-order valence-corrected chi connectivity index (χ0v) is 16.7. The van der Waals surface area contributed by atoms with Crippen LogP contribution in [0.25, 0.3) is 0 Å². The number of thioether (sulfide) groups is 1. The van der Waals surface area contributed by atoms with Crippen molar-refractivity contribution < 1.29 is 22.8 Å². The minimum atomic E-state index is -4.52. The van der Waals surface area contributed by atoms with E-state index in [1.165, 1.54) is 28.6 Å². The first-order valence-corrected chi connectivity index (χ1v) is 10.2. The highest BCUT2D eigenvalue weighted by Crippen LogP contribution is 2.32. The van der Waals surface area contributed by atoms with Crippen molar-refractivity contribution in [3.63, 3.8) is 0 Å². The van der Waals surface area contributed by atoms with E-state index in [-0.39, 0.29) is 18.1 Å². The molecule has 2 heterocycles. The van der Waals surface area contributed by atoms with E-state index in [1.54, 1.807) is 0 Å². The van der Waals surface area contributed by atoms with Gasteiger partial charge in [0, 0.05) is 11.4 Å². The summed E-state index contributed by atoms with van der Waals surface area (Å²) in [6.07, 6.45) is -4.81. The maximum Gasteiger partial charge on any atom is 0.416 e. The molecule has 1 aliphatic rings. The van der Waals surface area contributed by atoms with Crippen LogP contribution < -0.4 is 10.6 Å². The maximum absolute atomic E-state index is 12.8. The third-order valence-electron chi connectivity index (χ3n) is 4.51. The number of alkyl halides is 3. The number of benzene rings is 2. The minimum Gasteiger partial charge on any atom is -0.326 e.